The van der Waals surface area contributed by atoms with Gasteiger partial charge in [0, 0.05) is 12.3 Å². The van der Waals surface area contributed by atoms with Crippen LogP contribution in [0.4, 0.5) is 0 Å². The summed E-state index contributed by atoms with van der Waals surface area (Å²) < 4.78 is 0. The maximum atomic E-state index is 11.5. The quantitative estimate of drug-likeness (QED) is 0.310. The lowest BCUT2D eigenvalue weighted by Gasteiger charge is -2.07. The lowest BCUT2D eigenvalue weighted by Crippen LogP contribution is -2.30. The SMILES string of the molecule is CCCCCCCCCCCCCC1CCCC1=O.NCCCC(N)C(=O)O. The zero-order valence-electron chi connectivity index (χ0n) is 18.3. The summed E-state index contributed by atoms with van der Waals surface area (Å²) in [5.74, 6) is 0.0362. The molecule has 0 saturated heterocycles. The third-order valence-electron chi connectivity index (χ3n) is 5.62. The molecule has 0 spiro atoms. The Labute approximate surface area is 173 Å². The number of Topliss-reactive ketones (excluding diaryl/α,β-unsaturated/α-hetero) is 1. The summed E-state index contributed by atoms with van der Waals surface area (Å²) in [5, 5.41) is 8.24. The molecule has 1 aliphatic rings. The van der Waals surface area contributed by atoms with Crippen LogP contribution in [0.2, 0.25) is 0 Å². The minimum Gasteiger partial charge on any atom is -0.480 e. The number of carbonyl (C=O) groups is 2. The van der Waals surface area contributed by atoms with Crippen molar-refractivity contribution in [2.75, 3.05) is 6.54 Å². The van der Waals surface area contributed by atoms with Crippen molar-refractivity contribution in [3.63, 3.8) is 0 Å². The Kier molecular flexibility index (Phi) is 18.7. The van der Waals surface area contributed by atoms with E-state index in [0.717, 1.165) is 12.8 Å². The molecule has 5 N–H and O–H groups in total. The van der Waals surface area contributed by atoms with Gasteiger partial charge in [0.2, 0.25) is 0 Å². The maximum absolute atomic E-state index is 11.5. The van der Waals surface area contributed by atoms with Crippen LogP contribution in [-0.2, 0) is 9.59 Å². The molecule has 1 rings (SSSR count). The highest BCUT2D eigenvalue weighted by Gasteiger charge is 2.23. The van der Waals surface area contributed by atoms with Gasteiger partial charge in [-0.15, -0.1) is 0 Å². The molecule has 0 aromatic carbocycles. The number of aliphatic carboxylic acids is 1. The van der Waals surface area contributed by atoms with Gasteiger partial charge in [0.15, 0.2) is 0 Å². The largest absolute Gasteiger partial charge is 0.480 e. The van der Waals surface area contributed by atoms with Crippen molar-refractivity contribution in [3.05, 3.63) is 0 Å². The standard InChI is InChI=1S/C18H34O.C5H12N2O2/c1-2-3-4-5-6-7-8-9-10-11-12-14-17-15-13-16-18(17)19;6-3-1-2-4(7)5(8)9/h17H,2-16H2,1H3;4H,1-3,6-7H2,(H,8,9). The van der Waals surface area contributed by atoms with Crippen LogP contribution in [0.1, 0.15) is 116 Å². The topological polar surface area (TPSA) is 106 Å². The highest BCUT2D eigenvalue weighted by atomic mass is 16.4. The van der Waals surface area contributed by atoms with E-state index in [2.05, 4.69) is 6.92 Å². The lowest BCUT2D eigenvalue weighted by atomic mass is 9.98. The first-order valence-electron chi connectivity index (χ1n) is 11.7. The van der Waals surface area contributed by atoms with E-state index in [1.165, 1.54) is 83.5 Å². The van der Waals surface area contributed by atoms with E-state index in [0.29, 0.717) is 31.1 Å². The second-order valence-electron chi connectivity index (χ2n) is 8.26. The maximum Gasteiger partial charge on any atom is 0.320 e. The van der Waals surface area contributed by atoms with Gasteiger partial charge in [-0.25, -0.2) is 0 Å². The average molecular weight is 399 g/mol. The summed E-state index contributed by atoms with van der Waals surface area (Å²) in [6, 6.07) is -0.742. The molecule has 0 bridgehead atoms. The van der Waals surface area contributed by atoms with Crippen LogP contribution >= 0.6 is 0 Å². The van der Waals surface area contributed by atoms with Crippen LogP contribution < -0.4 is 11.5 Å². The fourth-order valence-corrected chi connectivity index (χ4v) is 3.71. The third-order valence-corrected chi connectivity index (χ3v) is 5.62. The predicted octanol–water partition coefficient (Wildman–Crippen LogP) is 5.19. The number of hydrogen-bond acceptors (Lipinski definition) is 4. The second-order valence-corrected chi connectivity index (χ2v) is 8.26. The lowest BCUT2D eigenvalue weighted by molar-refractivity contribution is -0.138. The van der Waals surface area contributed by atoms with Gasteiger partial charge in [-0.2, -0.15) is 0 Å². The molecule has 0 aromatic rings. The van der Waals surface area contributed by atoms with Gasteiger partial charge in [0.05, 0.1) is 0 Å². The number of carboxylic acids is 1. The molecule has 0 radical (unpaired) electrons. The smallest absolute Gasteiger partial charge is 0.320 e. The first kappa shape index (κ1) is 27.1. The molecule has 0 heterocycles. The molecule has 0 aliphatic heterocycles. The summed E-state index contributed by atoms with van der Waals surface area (Å²) in [4.78, 5) is 21.5. The molecule has 2 unspecified atom stereocenters. The molecule has 28 heavy (non-hydrogen) atoms. The van der Waals surface area contributed by atoms with E-state index in [9.17, 15) is 9.59 Å². The summed E-state index contributed by atoms with van der Waals surface area (Å²) in [6.45, 7) is 2.78. The molecular formula is C23H46N2O3. The monoisotopic (exact) mass is 398 g/mol. The molecule has 5 nitrogen and oxygen atoms in total. The number of rotatable bonds is 16. The van der Waals surface area contributed by atoms with Crippen molar-refractivity contribution < 1.29 is 14.7 Å². The fourth-order valence-electron chi connectivity index (χ4n) is 3.71. The molecule has 1 fully saturated rings. The Bertz CT molecular complexity index is 388. The van der Waals surface area contributed by atoms with Crippen molar-refractivity contribution >= 4 is 11.8 Å². The average Bonchev–Trinajstić information content (AvgIpc) is 3.09. The molecule has 5 heteroatoms. The first-order valence-corrected chi connectivity index (χ1v) is 11.7. The van der Waals surface area contributed by atoms with E-state index in [-0.39, 0.29) is 0 Å². The molecule has 1 saturated carbocycles. The van der Waals surface area contributed by atoms with E-state index < -0.39 is 12.0 Å². The molecular weight excluding hydrogens is 352 g/mol. The van der Waals surface area contributed by atoms with E-state index >= 15 is 0 Å². The van der Waals surface area contributed by atoms with Gasteiger partial charge in [-0.1, -0.05) is 77.6 Å². The number of nitrogens with two attached hydrogens (primary N) is 2. The number of hydrogen-bond donors (Lipinski definition) is 3. The van der Waals surface area contributed by atoms with Crippen LogP contribution in [0.25, 0.3) is 0 Å². The number of carboxylic acid groups (broad SMARTS) is 1. The van der Waals surface area contributed by atoms with Crippen molar-refractivity contribution in [2.45, 2.75) is 122 Å². The van der Waals surface area contributed by atoms with Crippen LogP contribution in [0.15, 0.2) is 0 Å². The number of carbonyl (C=O) groups excluding carboxylic acids is 1. The molecule has 0 amide bonds. The Hall–Kier alpha value is -0.940. The van der Waals surface area contributed by atoms with Gasteiger partial charge in [-0.3, -0.25) is 9.59 Å². The van der Waals surface area contributed by atoms with Crippen molar-refractivity contribution in [2.24, 2.45) is 17.4 Å². The first-order chi connectivity index (χ1) is 13.5. The van der Waals surface area contributed by atoms with E-state index in [1.807, 2.05) is 0 Å². The van der Waals surface area contributed by atoms with E-state index in [1.54, 1.807) is 0 Å². The normalized spacial score (nSPS) is 17.2. The summed E-state index contributed by atoms with van der Waals surface area (Å²) in [6.07, 6.45) is 20.9. The fraction of sp³-hybridized carbons (Fsp3) is 0.913. The highest BCUT2D eigenvalue weighted by Crippen LogP contribution is 2.26. The zero-order valence-corrected chi connectivity index (χ0v) is 18.3. The summed E-state index contributed by atoms with van der Waals surface area (Å²) >= 11 is 0. The van der Waals surface area contributed by atoms with Crippen LogP contribution in [0.5, 0.6) is 0 Å². The molecule has 1 aliphatic carbocycles. The predicted molar refractivity (Wildman–Crippen MR) is 117 cm³/mol. The van der Waals surface area contributed by atoms with E-state index in [4.69, 9.17) is 16.6 Å². The second kappa shape index (κ2) is 19.4. The Morgan fingerprint density at radius 1 is 1.00 bits per heavy atom. The number of unbranched alkanes of at least 4 members (excludes halogenated alkanes) is 10. The minimum atomic E-state index is -0.955. The van der Waals surface area contributed by atoms with Gasteiger partial charge < -0.3 is 16.6 Å². The molecule has 0 aromatic heterocycles. The van der Waals surface area contributed by atoms with Crippen molar-refractivity contribution in [1.82, 2.24) is 0 Å². The van der Waals surface area contributed by atoms with Crippen molar-refractivity contribution in [1.29, 1.82) is 0 Å². The van der Waals surface area contributed by atoms with Crippen LogP contribution in [-0.4, -0.2) is 29.4 Å². The van der Waals surface area contributed by atoms with Crippen LogP contribution in [0.3, 0.4) is 0 Å². The van der Waals surface area contributed by atoms with Crippen LogP contribution in [0, 0.1) is 5.92 Å². The van der Waals surface area contributed by atoms with Gasteiger partial charge in [0.1, 0.15) is 11.8 Å². The van der Waals surface area contributed by atoms with Gasteiger partial charge in [-0.05, 0) is 38.6 Å². The zero-order chi connectivity index (χ0) is 21.0. The highest BCUT2D eigenvalue weighted by molar-refractivity contribution is 5.82. The minimum absolute atomic E-state index is 0.443. The van der Waals surface area contributed by atoms with Crippen molar-refractivity contribution in [3.8, 4) is 0 Å². The summed E-state index contributed by atoms with van der Waals surface area (Å²) in [5.41, 5.74) is 10.3. The Morgan fingerprint density at radius 2 is 1.54 bits per heavy atom. The Balaban J connectivity index is 0.000000684. The number of ketones is 1. The Morgan fingerprint density at radius 3 is 1.96 bits per heavy atom. The third kappa shape index (κ3) is 16.1. The molecule has 166 valence electrons. The van der Waals surface area contributed by atoms with Gasteiger partial charge in [0.25, 0.3) is 0 Å². The van der Waals surface area contributed by atoms with Gasteiger partial charge >= 0.3 is 5.97 Å². The molecule has 2 atom stereocenters. The summed E-state index contributed by atoms with van der Waals surface area (Å²) in [7, 11) is 0.